The number of piperazine rings is 1. The second-order valence-electron chi connectivity index (χ2n) is 7.89. The Morgan fingerprint density at radius 3 is 2.64 bits per heavy atom. The van der Waals surface area contributed by atoms with Crippen molar-refractivity contribution < 1.29 is 9.15 Å². The Bertz CT molecular complexity index is 1100. The fourth-order valence-electron chi connectivity index (χ4n) is 3.65. The topological polar surface area (TPSA) is 104 Å². The normalized spacial score (nSPS) is 20.2. The standard InChI is InChI=1S/C22H26N8O2S/c1-29-9-11-30(12-10-29)21-24-20(23-19-14-17(27-28-19)18-4-3-13-32-18)25-22(26-21)33-16-7-5-15(31-2)6-8-16/h3-8,13,17,27H,9-12,14H2,1-2H3,(H,23,24,25,26,28). The summed E-state index contributed by atoms with van der Waals surface area (Å²) in [5.74, 6) is 3.47. The number of aromatic nitrogens is 3. The highest BCUT2D eigenvalue weighted by Crippen LogP contribution is 2.29. The number of methoxy groups -OCH3 is 1. The summed E-state index contributed by atoms with van der Waals surface area (Å²) < 4.78 is 10.8. The van der Waals surface area contributed by atoms with Crippen LogP contribution in [0.25, 0.3) is 0 Å². The minimum Gasteiger partial charge on any atom is -0.497 e. The van der Waals surface area contributed by atoms with Crippen molar-refractivity contribution in [3.05, 3.63) is 48.4 Å². The van der Waals surface area contributed by atoms with E-state index in [0.717, 1.165) is 48.4 Å². The van der Waals surface area contributed by atoms with Gasteiger partial charge in [0.05, 0.1) is 19.4 Å². The summed E-state index contributed by atoms with van der Waals surface area (Å²) in [6.45, 7) is 3.66. The van der Waals surface area contributed by atoms with Crippen molar-refractivity contribution >= 4 is 29.5 Å². The van der Waals surface area contributed by atoms with Crippen LogP contribution in [0.5, 0.6) is 5.75 Å². The van der Waals surface area contributed by atoms with Gasteiger partial charge in [-0.05, 0) is 55.2 Å². The molecule has 1 aromatic carbocycles. The van der Waals surface area contributed by atoms with Crippen LogP contribution in [0.15, 0.2) is 62.1 Å². The van der Waals surface area contributed by atoms with E-state index in [1.54, 1.807) is 13.4 Å². The maximum absolute atomic E-state index is 5.50. The van der Waals surface area contributed by atoms with Gasteiger partial charge in [-0.2, -0.15) is 19.9 Å². The largest absolute Gasteiger partial charge is 0.497 e. The lowest BCUT2D eigenvalue weighted by atomic mass is 10.2. The predicted octanol–water partition coefficient (Wildman–Crippen LogP) is 2.65. The van der Waals surface area contributed by atoms with Crippen molar-refractivity contribution in [2.75, 3.05) is 45.2 Å². The van der Waals surface area contributed by atoms with E-state index in [1.807, 2.05) is 36.4 Å². The van der Waals surface area contributed by atoms with Crippen LogP contribution in [0, 0.1) is 0 Å². The number of nitrogens with zero attached hydrogens (tertiary/aromatic N) is 6. The molecule has 10 nitrogen and oxygen atoms in total. The van der Waals surface area contributed by atoms with Crippen molar-refractivity contribution in [1.29, 1.82) is 0 Å². The average molecular weight is 467 g/mol. The van der Waals surface area contributed by atoms with E-state index in [0.29, 0.717) is 23.5 Å². The molecule has 0 aliphatic carbocycles. The summed E-state index contributed by atoms with van der Waals surface area (Å²) in [4.78, 5) is 24.2. The molecular weight excluding hydrogens is 440 g/mol. The van der Waals surface area contributed by atoms with Gasteiger partial charge in [0.25, 0.3) is 5.95 Å². The van der Waals surface area contributed by atoms with Crippen LogP contribution in [0.4, 0.5) is 11.9 Å². The third-order valence-electron chi connectivity index (χ3n) is 5.56. The van der Waals surface area contributed by atoms with Crippen LogP contribution in [0.1, 0.15) is 18.2 Å². The second kappa shape index (κ2) is 9.77. The molecule has 3 aromatic rings. The monoisotopic (exact) mass is 466 g/mol. The van der Waals surface area contributed by atoms with Crippen molar-refractivity contribution in [2.45, 2.75) is 22.5 Å². The molecule has 2 N–H and O–H groups in total. The van der Waals surface area contributed by atoms with Crippen LogP contribution in [-0.2, 0) is 0 Å². The van der Waals surface area contributed by atoms with Gasteiger partial charge in [0, 0.05) is 37.5 Å². The Morgan fingerprint density at radius 2 is 1.91 bits per heavy atom. The lowest BCUT2D eigenvalue weighted by Crippen LogP contribution is -2.45. The highest BCUT2D eigenvalue weighted by Gasteiger charge is 2.24. The molecule has 2 aliphatic heterocycles. The van der Waals surface area contributed by atoms with Crippen molar-refractivity contribution in [3.8, 4) is 5.75 Å². The van der Waals surface area contributed by atoms with E-state index < -0.39 is 0 Å². The lowest BCUT2D eigenvalue weighted by molar-refractivity contribution is 0.311. The van der Waals surface area contributed by atoms with Crippen LogP contribution >= 0.6 is 11.8 Å². The van der Waals surface area contributed by atoms with Crippen LogP contribution in [0.2, 0.25) is 0 Å². The molecule has 1 unspecified atom stereocenters. The van der Waals surface area contributed by atoms with Gasteiger partial charge < -0.3 is 24.4 Å². The van der Waals surface area contributed by atoms with E-state index in [-0.39, 0.29) is 6.04 Å². The molecular formula is C22H26N8O2S. The quantitative estimate of drug-likeness (QED) is 0.563. The SMILES string of the molecule is COc1ccc(Sc2nc(/N=C3\CC(c4ccco4)NN3)nc(N3CCN(C)CC3)n2)cc1. The number of hydrazine groups is 1. The highest BCUT2D eigenvalue weighted by atomic mass is 32.2. The zero-order chi connectivity index (χ0) is 22.6. The van der Waals surface area contributed by atoms with Crippen molar-refractivity contribution in [1.82, 2.24) is 30.7 Å². The van der Waals surface area contributed by atoms with Crippen LogP contribution in [0.3, 0.4) is 0 Å². The van der Waals surface area contributed by atoms with E-state index in [2.05, 4.69) is 42.7 Å². The summed E-state index contributed by atoms with van der Waals surface area (Å²) in [5.41, 5.74) is 6.33. The van der Waals surface area contributed by atoms with Gasteiger partial charge in [0.1, 0.15) is 17.3 Å². The van der Waals surface area contributed by atoms with Gasteiger partial charge in [0.15, 0.2) is 5.16 Å². The molecule has 2 saturated heterocycles. The molecule has 0 amide bonds. The summed E-state index contributed by atoms with van der Waals surface area (Å²) in [5, 5.41) is 0.608. The Balaban J connectivity index is 1.40. The molecule has 5 rings (SSSR count). The van der Waals surface area contributed by atoms with Crippen LogP contribution < -0.4 is 20.5 Å². The summed E-state index contributed by atoms with van der Waals surface area (Å²) in [7, 11) is 3.78. The Hall–Kier alpha value is -3.15. The molecule has 2 aliphatic rings. The first-order valence-corrected chi connectivity index (χ1v) is 11.6. The molecule has 0 saturated carbocycles. The molecule has 2 aromatic heterocycles. The molecule has 0 spiro atoms. The van der Waals surface area contributed by atoms with Gasteiger partial charge in [-0.3, -0.25) is 0 Å². The first kappa shape index (κ1) is 21.7. The van der Waals surface area contributed by atoms with E-state index in [4.69, 9.17) is 14.1 Å². The number of hydrogen-bond acceptors (Lipinski definition) is 10. The summed E-state index contributed by atoms with van der Waals surface area (Å²) >= 11 is 1.48. The number of benzene rings is 1. The summed E-state index contributed by atoms with van der Waals surface area (Å²) in [6.07, 6.45) is 2.33. The third-order valence-corrected chi connectivity index (χ3v) is 6.43. The van der Waals surface area contributed by atoms with E-state index in [1.165, 1.54) is 11.8 Å². The maximum atomic E-state index is 5.50. The molecule has 4 heterocycles. The highest BCUT2D eigenvalue weighted by molar-refractivity contribution is 7.99. The number of likely N-dealkylation sites (N-methyl/N-ethyl adjacent to an activating group) is 1. The van der Waals surface area contributed by atoms with Crippen molar-refractivity contribution in [2.24, 2.45) is 4.99 Å². The maximum Gasteiger partial charge on any atom is 0.256 e. The molecule has 0 radical (unpaired) electrons. The zero-order valence-electron chi connectivity index (χ0n) is 18.6. The molecule has 11 heteroatoms. The van der Waals surface area contributed by atoms with Crippen molar-refractivity contribution in [3.63, 3.8) is 0 Å². The van der Waals surface area contributed by atoms with Gasteiger partial charge >= 0.3 is 0 Å². The lowest BCUT2D eigenvalue weighted by Gasteiger charge is -2.32. The fourth-order valence-corrected chi connectivity index (χ4v) is 4.39. The number of anilines is 1. The molecule has 172 valence electrons. The molecule has 1 atom stereocenters. The van der Waals surface area contributed by atoms with Gasteiger partial charge in [-0.25, -0.2) is 5.43 Å². The Kier molecular flexibility index (Phi) is 6.42. The molecule has 2 fully saturated rings. The number of nitrogens with one attached hydrogen (secondary N) is 2. The Morgan fingerprint density at radius 1 is 1.09 bits per heavy atom. The second-order valence-corrected chi connectivity index (χ2v) is 8.93. The smallest absolute Gasteiger partial charge is 0.256 e. The minimum absolute atomic E-state index is 0.0193. The first-order valence-electron chi connectivity index (χ1n) is 10.8. The zero-order valence-corrected chi connectivity index (χ0v) is 19.4. The number of aliphatic imine (C=N–C) groups is 1. The predicted molar refractivity (Wildman–Crippen MR) is 126 cm³/mol. The molecule has 0 bridgehead atoms. The fraction of sp³-hybridized carbons (Fsp3) is 0.364. The number of hydrogen-bond donors (Lipinski definition) is 2. The Labute approximate surface area is 196 Å². The third kappa shape index (κ3) is 5.27. The number of amidine groups is 1. The number of ether oxygens (including phenoxy) is 1. The first-order chi connectivity index (χ1) is 16.2. The minimum atomic E-state index is 0.0193. The number of furan rings is 1. The van der Waals surface area contributed by atoms with Gasteiger partial charge in [-0.15, -0.1) is 0 Å². The number of rotatable bonds is 6. The van der Waals surface area contributed by atoms with Gasteiger partial charge in [-0.1, -0.05) is 0 Å². The average Bonchev–Trinajstić information content (AvgIpc) is 3.52. The summed E-state index contributed by atoms with van der Waals surface area (Å²) in [6, 6.07) is 11.7. The van der Waals surface area contributed by atoms with Gasteiger partial charge in [0.2, 0.25) is 5.95 Å². The van der Waals surface area contributed by atoms with E-state index >= 15 is 0 Å². The molecule has 33 heavy (non-hydrogen) atoms. The van der Waals surface area contributed by atoms with Crippen LogP contribution in [-0.4, -0.2) is 66.0 Å². The van der Waals surface area contributed by atoms with E-state index in [9.17, 15) is 0 Å².